The van der Waals surface area contributed by atoms with Crippen molar-refractivity contribution in [2.24, 2.45) is 17.8 Å². The molecule has 2 bridgehead atoms. The van der Waals surface area contributed by atoms with Gasteiger partial charge in [0, 0.05) is 5.92 Å². The molecular weight excluding hydrogens is 324 g/mol. The van der Waals surface area contributed by atoms with Crippen molar-refractivity contribution in [2.45, 2.75) is 30.6 Å². The third-order valence-electron chi connectivity index (χ3n) is 4.68. The van der Waals surface area contributed by atoms with Gasteiger partial charge in [-0.15, -0.1) is 0 Å². The maximum Gasteiger partial charge on any atom is 0.264 e. The number of amides is 1. The monoisotopic (exact) mass is 338 g/mol. The highest BCUT2D eigenvalue weighted by atomic mass is 35.5. The molecule has 1 aromatic carbocycles. The van der Waals surface area contributed by atoms with Crippen LogP contribution in [0.25, 0.3) is 0 Å². The highest BCUT2D eigenvalue weighted by molar-refractivity contribution is 7.90. The van der Waals surface area contributed by atoms with Gasteiger partial charge in [0.05, 0.1) is 15.5 Å². The summed E-state index contributed by atoms with van der Waals surface area (Å²) in [5.74, 6) is 0.243. The third-order valence-corrected chi connectivity index (χ3v) is 6.34. The molecule has 0 spiro atoms. The molecule has 116 valence electrons. The van der Waals surface area contributed by atoms with E-state index < -0.39 is 15.9 Å². The Morgan fingerprint density at radius 2 is 2.09 bits per heavy atom. The number of nitriles is 1. The van der Waals surface area contributed by atoms with Crippen molar-refractivity contribution in [3.8, 4) is 6.07 Å². The van der Waals surface area contributed by atoms with E-state index >= 15 is 0 Å². The molecule has 2 aliphatic rings. The van der Waals surface area contributed by atoms with E-state index in [2.05, 4.69) is 4.72 Å². The Bertz CT molecular complexity index is 769. The summed E-state index contributed by atoms with van der Waals surface area (Å²) >= 11 is 5.85. The summed E-state index contributed by atoms with van der Waals surface area (Å²) in [6.45, 7) is 0. The van der Waals surface area contributed by atoms with Crippen molar-refractivity contribution in [2.75, 3.05) is 0 Å². The van der Waals surface area contributed by atoms with Crippen LogP contribution in [0.2, 0.25) is 5.02 Å². The van der Waals surface area contributed by atoms with Crippen LogP contribution in [0.1, 0.15) is 31.2 Å². The normalized spacial score (nSPS) is 26.6. The highest BCUT2D eigenvalue weighted by Gasteiger charge is 2.43. The lowest BCUT2D eigenvalue weighted by Gasteiger charge is -2.20. The number of sulfonamides is 1. The van der Waals surface area contributed by atoms with Crippen LogP contribution >= 0.6 is 11.6 Å². The number of hydrogen-bond acceptors (Lipinski definition) is 4. The first kappa shape index (κ1) is 15.3. The number of carbonyl (C=O) groups excluding carboxylic acids is 1. The van der Waals surface area contributed by atoms with E-state index in [1.165, 1.54) is 18.2 Å². The van der Waals surface area contributed by atoms with Gasteiger partial charge in [0.15, 0.2) is 0 Å². The number of nitrogens with one attached hydrogen (secondary N) is 1. The number of halogens is 1. The Balaban J connectivity index is 1.77. The molecule has 0 heterocycles. The van der Waals surface area contributed by atoms with Crippen molar-refractivity contribution < 1.29 is 13.2 Å². The van der Waals surface area contributed by atoms with Gasteiger partial charge in [0.25, 0.3) is 10.0 Å². The molecule has 0 aromatic heterocycles. The first-order valence-electron chi connectivity index (χ1n) is 7.17. The van der Waals surface area contributed by atoms with Crippen molar-refractivity contribution in [3.63, 3.8) is 0 Å². The number of nitrogens with zero attached hydrogens (tertiary/aromatic N) is 1. The first-order chi connectivity index (χ1) is 10.4. The standard InChI is InChI=1S/C15H15ClN2O3S/c16-14-7-12(4-3-11(14)8-17)22(20,21)18-15(19)13-6-9-1-2-10(13)5-9/h3-4,7,9-10,13H,1-2,5-6H2,(H,18,19)/t9-,10+,13-/m0/s1. The molecule has 2 saturated carbocycles. The minimum atomic E-state index is -3.95. The predicted octanol–water partition coefficient (Wildman–Crippen LogP) is 2.45. The smallest absolute Gasteiger partial charge is 0.264 e. The molecule has 0 radical (unpaired) electrons. The Hall–Kier alpha value is -1.58. The van der Waals surface area contributed by atoms with E-state index in [1.54, 1.807) is 0 Å². The molecule has 2 aliphatic carbocycles. The summed E-state index contributed by atoms with van der Waals surface area (Å²) in [7, 11) is -3.95. The summed E-state index contributed by atoms with van der Waals surface area (Å²) in [5, 5.41) is 8.86. The zero-order valence-electron chi connectivity index (χ0n) is 11.8. The van der Waals surface area contributed by atoms with Crippen LogP contribution in [0.4, 0.5) is 0 Å². The molecule has 0 aliphatic heterocycles. The fourth-order valence-corrected chi connectivity index (χ4v) is 4.93. The zero-order chi connectivity index (χ0) is 15.9. The van der Waals surface area contributed by atoms with Gasteiger partial charge in [0.2, 0.25) is 5.91 Å². The van der Waals surface area contributed by atoms with Gasteiger partial charge < -0.3 is 0 Å². The fraction of sp³-hybridized carbons (Fsp3) is 0.467. The molecule has 0 saturated heterocycles. The molecule has 3 rings (SSSR count). The largest absolute Gasteiger partial charge is 0.274 e. The Morgan fingerprint density at radius 1 is 1.32 bits per heavy atom. The van der Waals surface area contributed by atoms with Gasteiger partial charge in [-0.1, -0.05) is 18.0 Å². The summed E-state index contributed by atoms with van der Waals surface area (Å²) in [4.78, 5) is 12.2. The molecule has 1 amide bonds. The van der Waals surface area contributed by atoms with E-state index in [9.17, 15) is 13.2 Å². The SMILES string of the molecule is N#Cc1ccc(S(=O)(=O)NC(=O)[C@H]2C[C@H]3CC[C@@H]2C3)cc1Cl. The number of hydrogen-bond donors (Lipinski definition) is 1. The molecule has 2 fully saturated rings. The molecule has 1 N–H and O–H groups in total. The number of benzene rings is 1. The van der Waals surface area contributed by atoms with Crippen molar-refractivity contribution in [1.29, 1.82) is 5.26 Å². The lowest BCUT2D eigenvalue weighted by molar-refractivity contribution is -0.124. The molecule has 3 atom stereocenters. The van der Waals surface area contributed by atoms with Crippen LogP contribution in [-0.2, 0) is 14.8 Å². The molecule has 7 heteroatoms. The average Bonchev–Trinajstić information content (AvgIpc) is 3.09. The quantitative estimate of drug-likeness (QED) is 0.917. The van der Waals surface area contributed by atoms with Gasteiger partial charge >= 0.3 is 0 Å². The van der Waals surface area contributed by atoms with Gasteiger partial charge in [-0.05, 0) is 49.3 Å². The van der Waals surface area contributed by atoms with Crippen LogP contribution in [0.15, 0.2) is 23.1 Å². The number of rotatable bonds is 3. The third kappa shape index (κ3) is 2.71. The van der Waals surface area contributed by atoms with Crippen LogP contribution in [0.3, 0.4) is 0 Å². The summed E-state index contributed by atoms with van der Waals surface area (Å²) in [5.41, 5.74) is 0.194. The average molecular weight is 339 g/mol. The maximum atomic E-state index is 12.3. The Kier molecular flexibility index (Phi) is 3.87. The minimum Gasteiger partial charge on any atom is -0.274 e. The van der Waals surface area contributed by atoms with Crippen molar-refractivity contribution >= 4 is 27.5 Å². The summed E-state index contributed by atoms with van der Waals surface area (Å²) in [6.07, 6.45) is 3.96. The zero-order valence-corrected chi connectivity index (χ0v) is 13.3. The Labute approximate surface area is 134 Å². The summed E-state index contributed by atoms with van der Waals surface area (Å²) < 4.78 is 26.7. The molecule has 1 aromatic rings. The van der Waals surface area contributed by atoms with E-state index in [0.717, 1.165) is 25.7 Å². The second-order valence-electron chi connectivity index (χ2n) is 6.00. The molecule has 5 nitrogen and oxygen atoms in total. The van der Waals surface area contributed by atoms with Gasteiger partial charge in [-0.25, -0.2) is 13.1 Å². The van der Waals surface area contributed by atoms with E-state index in [4.69, 9.17) is 16.9 Å². The number of carbonyl (C=O) groups is 1. The molecular formula is C15H15ClN2O3S. The predicted molar refractivity (Wildman–Crippen MR) is 80.4 cm³/mol. The van der Waals surface area contributed by atoms with Gasteiger partial charge in [0.1, 0.15) is 6.07 Å². The minimum absolute atomic E-state index is 0.0535. The van der Waals surface area contributed by atoms with Crippen LogP contribution in [-0.4, -0.2) is 14.3 Å². The molecule has 22 heavy (non-hydrogen) atoms. The lowest BCUT2D eigenvalue weighted by atomic mass is 9.88. The van der Waals surface area contributed by atoms with Gasteiger partial charge in [-0.2, -0.15) is 5.26 Å². The topological polar surface area (TPSA) is 87.0 Å². The van der Waals surface area contributed by atoms with Crippen molar-refractivity contribution in [3.05, 3.63) is 28.8 Å². The van der Waals surface area contributed by atoms with E-state index in [0.29, 0.717) is 11.8 Å². The van der Waals surface area contributed by atoms with Crippen LogP contribution in [0, 0.1) is 29.1 Å². The highest BCUT2D eigenvalue weighted by Crippen LogP contribution is 2.48. The van der Waals surface area contributed by atoms with E-state index in [1.807, 2.05) is 6.07 Å². The lowest BCUT2D eigenvalue weighted by Crippen LogP contribution is -2.37. The fourth-order valence-electron chi connectivity index (χ4n) is 3.59. The van der Waals surface area contributed by atoms with E-state index in [-0.39, 0.29) is 21.4 Å². The van der Waals surface area contributed by atoms with Crippen LogP contribution < -0.4 is 4.72 Å². The summed E-state index contributed by atoms with van der Waals surface area (Å²) in [6, 6.07) is 5.67. The molecule has 0 unspecified atom stereocenters. The second-order valence-corrected chi connectivity index (χ2v) is 8.09. The second kappa shape index (κ2) is 5.56. The number of fused-ring (bicyclic) bond motifs is 2. The first-order valence-corrected chi connectivity index (χ1v) is 9.03. The van der Waals surface area contributed by atoms with Crippen molar-refractivity contribution in [1.82, 2.24) is 4.72 Å². The van der Waals surface area contributed by atoms with Gasteiger partial charge in [-0.3, -0.25) is 4.79 Å². The maximum absolute atomic E-state index is 12.3. The van der Waals surface area contributed by atoms with Crippen LogP contribution in [0.5, 0.6) is 0 Å². The Morgan fingerprint density at radius 3 is 2.64 bits per heavy atom.